The van der Waals surface area contributed by atoms with Crippen LogP contribution >= 0.6 is 11.8 Å². The largest absolute Gasteiger partial charge is 0.309 e. The van der Waals surface area contributed by atoms with Crippen LogP contribution < -0.4 is 0 Å². The van der Waals surface area contributed by atoms with Gasteiger partial charge >= 0.3 is 0 Å². The number of aromatic nitrogens is 1. The van der Waals surface area contributed by atoms with Gasteiger partial charge in [-0.15, -0.1) is 0 Å². The third-order valence-corrected chi connectivity index (χ3v) is 14.4. The second-order valence-corrected chi connectivity index (χ2v) is 18.7. The van der Waals surface area contributed by atoms with Crippen LogP contribution in [-0.4, -0.2) is 4.57 Å². The predicted molar refractivity (Wildman–Crippen MR) is 300 cm³/mol. The molecule has 0 fully saturated rings. The summed E-state index contributed by atoms with van der Waals surface area (Å²) in [4.78, 5) is 2.49. The third kappa shape index (κ3) is 8.25. The lowest BCUT2D eigenvalue weighted by Gasteiger charge is -2.18. The molecule has 0 aliphatic rings. The Morgan fingerprint density at radius 2 is 0.629 bits per heavy atom. The van der Waals surface area contributed by atoms with Crippen molar-refractivity contribution in [2.75, 3.05) is 0 Å². The topological polar surface area (TPSA) is 4.93 Å². The molecule has 0 amide bonds. The van der Waals surface area contributed by atoms with Crippen molar-refractivity contribution in [1.82, 2.24) is 4.57 Å². The fourth-order valence-electron chi connectivity index (χ4n) is 10.1. The molecular formula is C68H47NS. The summed E-state index contributed by atoms with van der Waals surface area (Å²) >= 11 is 1.81. The first-order valence-electron chi connectivity index (χ1n) is 23.9. The summed E-state index contributed by atoms with van der Waals surface area (Å²) in [5.41, 5.74) is 15.8. The van der Waals surface area contributed by atoms with E-state index < -0.39 is 0 Å². The van der Waals surface area contributed by atoms with E-state index in [0.717, 1.165) is 5.69 Å². The van der Waals surface area contributed by atoms with E-state index in [-0.39, 0.29) is 0 Å². The van der Waals surface area contributed by atoms with E-state index in [1.165, 1.54) is 109 Å². The minimum absolute atomic E-state index is 1.14. The third-order valence-electron chi connectivity index (χ3n) is 13.4. The van der Waals surface area contributed by atoms with Crippen molar-refractivity contribution in [2.45, 2.75) is 9.79 Å². The summed E-state index contributed by atoms with van der Waals surface area (Å²) in [5.74, 6) is 0. The molecular weight excluding hydrogens is 863 g/mol. The van der Waals surface area contributed by atoms with Crippen molar-refractivity contribution in [1.29, 1.82) is 0 Å². The van der Waals surface area contributed by atoms with E-state index >= 15 is 0 Å². The SMILES string of the molecule is c1ccc(Sc2ccccc2-c2ccc(-c3c4ccccc4c(-c4ccc(-n5c6ccccc6c6cc(-c7ccc(-c8ccccc8)cc7)ccc65)cc4)c4ccccc34)cc2)cc1.c1ccccc1. The van der Waals surface area contributed by atoms with Gasteiger partial charge in [-0.05, 0) is 126 Å². The van der Waals surface area contributed by atoms with Crippen LogP contribution in [0, 0.1) is 0 Å². The van der Waals surface area contributed by atoms with Gasteiger partial charge in [0.1, 0.15) is 0 Å². The Hall–Kier alpha value is -8.69. The highest BCUT2D eigenvalue weighted by atomic mass is 32.2. The molecule has 1 heterocycles. The molecule has 0 atom stereocenters. The Kier molecular flexibility index (Phi) is 11.7. The zero-order valence-electron chi connectivity index (χ0n) is 38.5. The first-order chi connectivity index (χ1) is 34.7. The summed E-state index contributed by atoms with van der Waals surface area (Å²) in [5, 5.41) is 7.50. The predicted octanol–water partition coefficient (Wildman–Crippen LogP) is 19.3. The number of nitrogens with zero attached hydrogens (tertiary/aromatic N) is 1. The fourth-order valence-corrected chi connectivity index (χ4v) is 11.0. The average molecular weight is 910 g/mol. The molecule has 0 saturated heterocycles. The Bertz CT molecular complexity index is 3830. The highest BCUT2D eigenvalue weighted by molar-refractivity contribution is 7.99. The van der Waals surface area contributed by atoms with Crippen molar-refractivity contribution in [2.24, 2.45) is 0 Å². The highest BCUT2D eigenvalue weighted by Crippen LogP contribution is 2.45. The molecule has 13 aromatic rings. The van der Waals surface area contributed by atoms with Crippen LogP contribution in [0.4, 0.5) is 0 Å². The van der Waals surface area contributed by atoms with Gasteiger partial charge < -0.3 is 4.57 Å². The maximum Gasteiger partial charge on any atom is 0.0541 e. The Balaban J connectivity index is 0.000000785. The summed E-state index contributed by atoms with van der Waals surface area (Å²) < 4.78 is 2.42. The summed E-state index contributed by atoms with van der Waals surface area (Å²) in [6.45, 7) is 0. The van der Waals surface area contributed by atoms with Gasteiger partial charge in [-0.2, -0.15) is 0 Å². The van der Waals surface area contributed by atoms with Gasteiger partial charge in [0.25, 0.3) is 0 Å². The molecule has 0 saturated carbocycles. The molecule has 1 aromatic heterocycles. The van der Waals surface area contributed by atoms with E-state index in [4.69, 9.17) is 0 Å². The standard InChI is InChI=1S/C62H41NS.C6H6/c1-3-15-42(16-4-1)43-27-29-44(30-28-43)48-37-40-59-57(41-48)52-20-11-13-25-58(52)63(59)49-38-35-47(36-39-49)62-55-23-9-7-21-53(55)61(54-22-8-10-24-56(54)62)46-33-31-45(32-34-46)51-19-12-14-26-60(51)64-50-17-5-2-6-18-50;1-2-4-6-5-3-1/h1-41H;1-6H. The van der Waals surface area contributed by atoms with Crippen molar-refractivity contribution in [3.8, 4) is 61.3 Å². The highest BCUT2D eigenvalue weighted by Gasteiger charge is 2.19. The first kappa shape index (κ1) is 42.6. The molecule has 2 heteroatoms. The lowest BCUT2D eigenvalue weighted by Crippen LogP contribution is -1.95. The number of hydrogen-bond acceptors (Lipinski definition) is 1. The molecule has 13 rings (SSSR count). The van der Waals surface area contributed by atoms with Gasteiger partial charge in [-0.3, -0.25) is 0 Å². The van der Waals surface area contributed by atoms with Crippen LogP contribution in [0.2, 0.25) is 0 Å². The van der Waals surface area contributed by atoms with Gasteiger partial charge in [0.05, 0.1) is 11.0 Å². The van der Waals surface area contributed by atoms with Crippen molar-refractivity contribution >= 4 is 55.1 Å². The van der Waals surface area contributed by atoms with Crippen molar-refractivity contribution in [3.63, 3.8) is 0 Å². The number of rotatable bonds is 8. The molecule has 70 heavy (non-hydrogen) atoms. The maximum atomic E-state index is 2.42. The molecule has 1 nitrogen and oxygen atoms in total. The normalized spacial score (nSPS) is 11.2. The number of benzene rings is 12. The molecule has 330 valence electrons. The lowest BCUT2D eigenvalue weighted by molar-refractivity contribution is 1.18. The molecule has 0 unspecified atom stereocenters. The van der Waals surface area contributed by atoms with E-state index in [1.54, 1.807) is 0 Å². The monoisotopic (exact) mass is 909 g/mol. The van der Waals surface area contributed by atoms with Gasteiger partial charge in [0.2, 0.25) is 0 Å². The molecule has 0 radical (unpaired) electrons. The molecule has 0 bridgehead atoms. The number of hydrogen-bond donors (Lipinski definition) is 0. The summed E-state index contributed by atoms with van der Waals surface area (Å²) in [6, 6.07) is 103. The van der Waals surface area contributed by atoms with Gasteiger partial charge in [-0.25, -0.2) is 0 Å². The van der Waals surface area contributed by atoms with Gasteiger partial charge in [0.15, 0.2) is 0 Å². The number of fused-ring (bicyclic) bond motifs is 5. The summed E-state index contributed by atoms with van der Waals surface area (Å²) in [6.07, 6.45) is 0. The van der Waals surface area contributed by atoms with Crippen LogP contribution in [0.5, 0.6) is 0 Å². The van der Waals surface area contributed by atoms with Crippen LogP contribution in [0.3, 0.4) is 0 Å². The zero-order valence-corrected chi connectivity index (χ0v) is 39.3. The van der Waals surface area contributed by atoms with Crippen LogP contribution in [0.25, 0.3) is 105 Å². The quantitative estimate of drug-likeness (QED) is 0.138. The van der Waals surface area contributed by atoms with Crippen LogP contribution in [0.15, 0.2) is 295 Å². The minimum Gasteiger partial charge on any atom is -0.309 e. The fraction of sp³-hybridized carbons (Fsp3) is 0. The first-order valence-corrected chi connectivity index (χ1v) is 24.7. The van der Waals surface area contributed by atoms with E-state index in [2.05, 4.69) is 253 Å². The van der Waals surface area contributed by atoms with Crippen molar-refractivity contribution < 1.29 is 0 Å². The molecule has 12 aromatic carbocycles. The second-order valence-electron chi connectivity index (χ2n) is 17.6. The zero-order chi connectivity index (χ0) is 46.6. The number of para-hydroxylation sites is 1. The van der Waals surface area contributed by atoms with Crippen LogP contribution in [0.1, 0.15) is 0 Å². The Morgan fingerprint density at radius 1 is 0.243 bits per heavy atom. The lowest BCUT2D eigenvalue weighted by atomic mass is 9.85. The Labute approximate surface area is 413 Å². The molecule has 0 N–H and O–H groups in total. The van der Waals surface area contributed by atoms with Gasteiger partial charge in [-0.1, -0.05) is 248 Å². The Morgan fingerprint density at radius 3 is 1.21 bits per heavy atom. The minimum atomic E-state index is 1.14. The molecule has 0 aliphatic heterocycles. The maximum absolute atomic E-state index is 2.42. The van der Waals surface area contributed by atoms with E-state index in [0.29, 0.717) is 0 Å². The van der Waals surface area contributed by atoms with Crippen LogP contribution in [-0.2, 0) is 0 Å². The van der Waals surface area contributed by atoms with Crippen molar-refractivity contribution in [3.05, 3.63) is 285 Å². The smallest absolute Gasteiger partial charge is 0.0541 e. The molecule has 0 spiro atoms. The summed E-state index contributed by atoms with van der Waals surface area (Å²) in [7, 11) is 0. The second kappa shape index (κ2) is 19.1. The van der Waals surface area contributed by atoms with E-state index in [9.17, 15) is 0 Å². The van der Waals surface area contributed by atoms with Gasteiger partial charge in [0, 0.05) is 26.3 Å². The molecule has 0 aliphatic carbocycles. The van der Waals surface area contributed by atoms with E-state index in [1.807, 2.05) is 48.2 Å². The average Bonchev–Trinajstić information content (AvgIpc) is 3.77.